The number of ether oxygens (including phenoxy) is 1. The summed E-state index contributed by atoms with van der Waals surface area (Å²) in [5, 5.41) is 5.70. The lowest BCUT2D eigenvalue weighted by Crippen LogP contribution is -2.49. The molecule has 16 heavy (non-hydrogen) atoms. The first-order valence-corrected chi connectivity index (χ1v) is 7.09. The summed E-state index contributed by atoms with van der Waals surface area (Å²) in [6, 6.07) is 4.45. The summed E-state index contributed by atoms with van der Waals surface area (Å²) in [6.45, 7) is 4.28. The van der Waals surface area contributed by atoms with Gasteiger partial charge in [-0.2, -0.15) is 0 Å². The summed E-state index contributed by atoms with van der Waals surface area (Å²) in [7, 11) is 0. The second-order valence-corrected chi connectivity index (χ2v) is 6.11. The molecule has 2 fully saturated rings. The first kappa shape index (κ1) is 10.8. The van der Waals surface area contributed by atoms with E-state index in [1.54, 1.807) is 0 Å². The van der Waals surface area contributed by atoms with Gasteiger partial charge in [0.2, 0.25) is 0 Å². The largest absolute Gasteiger partial charge is 0.379 e. The van der Waals surface area contributed by atoms with Crippen LogP contribution in [0.4, 0.5) is 0 Å². The molecule has 1 aromatic heterocycles. The fraction of sp³-hybridized carbons (Fsp3) is 0.692. The lowest BCUT2D eigenvalue weighted by atomic mass is 9.74. The molecule has 1 N–H and O–H groups in total. The van der Waals surface area contributed by atoms with Crippen molar-refractivity contribution in [3.05, 3.63) is 22.4 Å². The monoisotopic (exact) mass is 237 g/mol. The van der Waals surface area contributed by atoms with Gasteiger partial charge in [-0.1, -0.05) is 6.07 Å². The van der Waals surface area contributed by atoms with Gasteiger partial charge in [0.1, 0.15) is 0 Å². The highest BCUT2D eigenvalue weighted by atomic mass is 32.1. The van der Waals surface area contributed by atoms with E-state index in [2.05, 4.69) is 22.8 Å². The Morgan fingerprint density at radius 3 is 3.00 bits per heavy atom. The van der Waals surface area contributed by atoms with Gasteiger partial charge in [-0.25, -0.2) is 0 Å². The van der Waals surface area contributed by atoms with Crippen LogP contribution in [0, 0.1) is 5.92 Å². The van der Waals surface area contributed by atoms with Crippen LogP contribution in [0.1, 0.15) is 24.1 Å². The molecular formula is C13H19NOS. The second kappa shape index (κ2) is 4.47. The van der Waals surface area contributed by atoms with Crippen molar-refractivity contribution < 1.29 is 4.74 Å². The molecular weight excluding hydrogens is 218 g/mol. The summed E-state index contributed by atoms with van der Waals surface area (Å²) in [6.07, 6.45) is 4.03. The van der Waals surface area contributed by atoms with Crippen molar-refractivity contribution in [3.63, 3.8) is 0 Å². The Bertz CT molecular complexity index is 326. The molecule has 0 amide bonds. The van der Waals surface area contributed by atoms with Crippen LogP contribution in [0.3, 0.4) is 0 Å². The lowest BCUT2D eigenvalue weighted by molar-refractivity contribution is -0.0708. The first-order valence-electron chi connectivity index (χ1n) is 6.22. The van der Waals surface area contributed by atoms with Crippen molar-refractivity contribution in [3.8, 4) is 0 Å². The molecule has 3 heterocycles. The summed E-state index contributed by atoms with van der Waals surface area (Å²) in [5.41, 5.74) is 0.359. The third kappa shape index (κ3) is 1.92. The quantitative estimate of drug-likeness (QED) is 0.871. The molecule has 3 rings (SSSR count). The van der Waals surface area contributed by atoms with E-state index >= 15 is 0 Å². The Morgan fingerprint density at radius 2 is 2.44 bits per heavy atom. The highest BCUT2D eigenvalue weighted by molar-refractivity contribution is 7.10. The first-order chi connectivity index (χ1) is 7.89. The van der Waals surface area contributed by atoms with E-state index in [1.807, 2.05) is 11.3 Å². The highest BCUT2D eigenvalue weighted by Gasteiger charge is 2.42. The van der Waals surface area contributed by atoms with E-state index in [4.69, 9.17) is 4.74 Å². The molecule has 0 aliphatic carbocycles. The molecule has 2 saturated heterocycles. The minimum absolute atomic E-state index is 0.359. The molecule has 2 nitrogen and oxygen atoms in total. The van der Waals surface area contributed by atoms with Crippen molar-refractivity contribution in [1.29, 1.82) is 0 Å². The zero-order valence-corrected chi connectivity index (χ0v) is 10.4. The van der Waals surface area contributed by atoms with Crippen LogP contribution < -0.4 is 5.32 Å². The SMILES string of the molecule is c1csc(C2(CC3CCCNC3)COC2)c1. The average Bonchev–Trinajstić information content (AvgIpc) is 2.78. The van der Waals surface area contributed by atoms with Crippen molar-refractivity contribution >= 4 is 11.3 Å². The maximum atomic E-state index is 5.49. The molecule has 1 unspecified atom stereocenters. The van der Waals surface area contributed by atoms with E-state index in [1.165, 1.54) is 37.2 Å². The fourth-order valence-electron chi connectivity index (χ4n) is 2.94. The standard InChI is InChI=1S/C13H19NOS/c1-3-11(8-14-5-1)7-13(9-15-10-13)12-4-2-6-16-12/h2,4,6,11,14H,1,3,5,7-10H2. The van der Waals surface area contributed by atoms with E-state index in [0.29, 0.717) is 5.41 Å². The Labute approximate surface area is 101 Å². The summed E-state index contributed by atoms with van der Waals surface area (Å²) >= 11 is 1.89. The summed E-state index contributed by atoms with van der Waals surface area (Å²) < 4.78 is 5.49. The minimum Gasteiger partial charge on any atom is -0.379 e. The average molecular weight is 237 g/mol. The molecule has 0 spiro atoms. The fourth-order valence-corrected chi connectivity index (χ4v) is 3.85. The number of rotatable bonds is 3. The Kier molecular flexibility index (Phi) is 3.01. The molecule has 0 saturated carbocycles. The van der Waals surface area contributed by atoms with Crippen molar-refractivity contribution in [2.45, 2.75) is 24.7 Å². The molecule has 88 valence electrons. The number of nitrogens with one attached hydrogen (secondary N) is 1. The van der Waals surface area contributed by atoms with Gasteiger partial charge in [-0.15, -0.1) is 11.3 Å². The Morgan fingerprint density at radius 1 is 1.50 bits per heavy atom. The predicted octanol–water partition coefficient (Wildman–Crippen LogP) is 2.41. The Hall–Kier alpha value is -0.380. The number of thiophene rings is 1. The third-order valence-electron chi connectivity index (χ3n) is 3.88. The highest BCUT2D eigenvalue weighted by Crippen LogP contribution is 2.41. The minimum atomic E-state index is 0.359. The van der Waals surface area contributed by atoms with Gasteiger partial charge in [0.25, 0.3) is 0 Å². The van der Waals surface area contributed by atoms with Gasteiger partial charge in [-0.3, -0.25) is 0 Å². The zero-order valence-electron chi connectivity index (χ0n) is 9.58. The maximum Gasteiger partial charge on any atom is 0.0593 e. The van der Waals surface area contributed by atoms with Crippen molar-refractivity contribution in [1.82, 2.24) is 5.32 Å². The number of hydrogen-bond acceptors (Lipinski definition) is 3. The van der Waals surface area contributed by atoms with Crippen LogP contribution in [0.15, 0.2) is 17.5 Å². The van der Waals surface area contributed by atoms with Crippen LogP contribution in [-0.4, -0.2) is 26.3 Å². The van der Waals surface area contributed by atoms with Crippen LogP contribution in [0.5, 0.6) is 0 Å². The van der Waals surface area contributed by atoms with Gasteiger partial charge in [0, 0.05) is 4.88 Å². The molecule has 2 aliphatic rings. The van der Waals surface area contributed by atoms with Gasteiger partial charge >= 0.3 is 0 Å². The maximum absolute atomic E-state index is 5.49. The van der Waals surface area contributed by atoms with Crippen molar-refractivity contribution in [2.24, 2.45) is 5.92 Å². The zero-order chi connectivity index (χ0) is 10.8. The molecule has 0 bridgehead atoms. The van der Waals surface area contributed by atoms with Crippen LogP contribution in [0.2, 0.25) is 0 Å². The van der Waals surface area contributed by atoms with Gasteiger partial charge in [0.05, 0.1) is 18.6 Å². The summed E-state index contributed by atoms with van der Waals surface area (Å²) in [5.74, 6) is 0.847. The number of hydrogen-bond donors (Lipinski definition) is 1. The topological polar surface area (TPSA) is 21.3 Å². The van der Waals surface area contributed by atoms with Gasteiger partial charge in [-0.05, 0) is 49.7 Å². The normalized spacial score (nSPS) is 28.6. The van der Waals surface area contributed by atoms with Crippen LogP contribution >= 0.6 is 11.3 Å². The third-order valence-corrected chi connectivity index (χ3v) is 5.00. The molecule has 2 aliphatic heterocycles. The van der Waals surface area contributed by atoms with E-state index in [0.717, 1.165) is 19.1 Å². The molecule has 0 radical (unpaired) electrons. The Balaban J connectivity index is 1.70. The van der Waals surface area contributed by atoms with E-state index < -0.39 is 0 Å². The van der Waals surface area contributed by atoms with Crippen LogP contribution in [-0.2, 0) is 10.2 Å². The summed E-state index contributed by atoms with van der Waals surface area (Å²) in [4.78, 5) is 1.53. The number of piperidine rings is 1. The predicted molar refractivity (Wildman–Crippen MR) is 67.0 cm³/mol. The second-order valence-electron chi connectivity index (χ2n) is 5.17. The van der Waals surface area contributed by atoms with E-state index in [-0.39, 0.29) is 0 Å². The lowest BCUT2D eigenvalue weighted by Gasteiger charge is -2.43. The van der Waals surface area contributed by atoms with Gasteiger partial charge in [0.15, 0.2) is 0 Å². The van der Waals surface area contributed by atoms with Crippen LogP contribution in [0.25, 0.3) is 0 Å². The van der Waals surface area contributed by atoms with Crippen molar-refractivity contribution in [2.75, 3.05) is 26.3 Å². The molecule has 3 heteroatoms. The molecule has 1 aromatic rings. The van der Waals surface area contributed by atoms with Gasteiger partial charge < -0.3 is 10.1 Å². The van der Waals surface area contributed by atoms with E-state index in [9.17, 15) is 0 Å². The smallest absolute Gasteiger partial charge is 0.0593 e. The molecule has 1 atom stereocenters. The molecule has 0 aromatic carbocycles.